The molecule has 2 rings (SSSR count). The highest BCUT2D eigenvalue weighted by molar-refractivity contribution is 5.92. The molecular weight excluding hydrogens is 228 g/mol. The number of hydrogen-bond donors (Lipinski definition) is 2. The van der Waals surface area contributed by atoms with Gasteiger partial charge in [0.05, 0.1) is 11.9 Å². The molecule has 1 aromatic rings. The molecule has 0 spiro atoms. The van der Waals surface area contributed by atoms with Gasteiger partial charge in [0.1, 0.15) is 5.69 Å². The van der Waals surface area contributed by atoms with Crippen molar-refractivity contribution in [2.24, 2.45) is 5.92 Å². The first-order valence-electron chi connectivity index (χ1n) is 6.33. The van der Waals surface area contributed by atoms with Gasteiger partial charge in [-0.2, -0.15) is 0 Å². The molecule has 1 unspecified atom stereocenters. The lowest BCUT2D eigenvalue weighted by Crippen LogP contribution is -2.39. The number of rotatable bonds is 3. The van der Waals surface area contributed by atoms with E-state index >= 15 is 0 Å². The minimum Gasteiger partial charge on any atom is -0.397 e. The Labute approximate surface area is 107 Å². The number of carbonyl (C=O) groups excluding carboxylic acids is 1. The van der Waals surface area contributed by atoms with Crippen molar-refractivity contribution in [1.29, 1.82) is 0 Å². The number of pyridine rings is 1. The highest BCUT2D eigenvalue weighted by Crippen LogP contribution is 2.14. The van der Waals surface area contributed by atoms with Gasteiger partial charge in [0, 0.05) is 13.1 Å². The Morgan fingerprint density at radius 1 is 1.61 bits per heavy atom. The van der Waals surface area contributed by atoms with Crippen molar-refractivity contribution in [3.63, 3.8) is 0 Å². The van der Waals surface area contributed by atoms with Crippen LogP contribution in [-0.2, 0) is 0 Å². The van der Waals surface area contributed by atoms with E-state index in [2.05, 4.69) is 22.2 Å². The molecule has 1 aromatic heterocycles. The molecule has 0 saturated carbocycles. The molecule has 2 heterocycles. The number of nitrogens with zero attached hydrogens (tertiary/aromatic N) is 2. The van der Waals surface area contributed by atoms with Gasteiger partial charge >= 0.3 is 0 Å². The lowest BCUT2D eigenvalue weighted by atomic mass is 9.98. The number of nitrogens with one attached hydrogen (secondary N) is 1. The van der Waals surface area contributed by atoms with E-state index in [1.165, 1.54) is 19.0 Å². The van der Waals surface area contributed by atoms with E-state index in [0.717, 1.165) is 19.6 Å². The maximum absolute atomic E-state index is 11.9. The normalized spacial score (nSPS) is 20.6. The van der Waals surface area contributed by atoms with Crippen LogP contribution >= 0.6 is 0 Å². The lowest BCUT2D eigenvalue weighted by Gasteiger charge is -2.29. The van der Waals surface area contributed by atoms with Crippen molar-refractivity contribution in [3.8, 4) is 0 Å². The molecule has 0 radical (unpaired) electrons. The third-order valence-corrected chi connectivity index (χ3v) is 3.29. The van der Waals surface area contributed by atoms with E-state index in [4.69, 9.17) is 5.73 Å². The lowest BCUT2D eigenvalue weighted by molar-refractivity contribution is 0.0932. The van der Waals surface area contributed by atoms with E-state index in [0.29, 0.717) is 17.3 Å². The minimum absolute atomic E-state index is 0.122. The number of piperidine rings is 1. The molecule has 3 N–H and O–H groups in total. The fourth-order valence-corrected chi connectivity index (χ4v) is 2.31. The zero-order valence-corrected chi connectivity index (χ0v) is 10.7. The molecule has 1 saturated heterocycles. The van der Waals surface area contributed by atoms with Gasteiger partial charge in [-0.25, -0.2) is 4.98 Å². The van der Waals surface area contributed by atoms with Crippen LogP contribution in [0.15, 0.2) is 18.3 Å². The summed E-state index contributed by atoms with van der Waals surface area (Å²) < 4.78 is 0. The second-order valence-electron chi connectivity index (χ2n) is 4.96. The average Bonchev–Trinajstić information content (AvgIpc) is 2.37. The predicted octanol–water partition coefficient (Wildman–Crippen LogP) is 0.735. The van der Waals surface area contributed by atoms with Gasteiger partial charge in [0.25, 0.3) is 5.91 Å². The number of anilines is 1. The first kappa shape index (κ1) is 12.8. The maximum atomic E-state index is 11.9. The Hall–Kier alpha value is -1.62. The Morgan fingerprint density at radius 2 is 2.44 bits per heavy atom. The van der Waals surface area contributed by atoms with Crippen molar-refractivity contribution in [2.45, 2.75) is 12.8 Å². The summed E-state index contributed by atoms with van der Waals surface area (Å²) in [5.74, 6) is 0.421. The van der Waals surface area contributed by atoms with E-state index in [9.17, 15) is 4.79 Å². The summed E-state index contributed by atoms with van der Waals surface area (Å²) in [6.07, 6.45) is 3.89. The Morgan fingerprint density at radius 3 is 3.11 bits per heavy atom. The van der Waals surface area contributed by atoms with Gasteiger partial charge < -0.3 is 16.0 Å². The standard InChI is InChI=1S/C13H20N4O/c1-17-6-2-3-10(9-17)7-16-13(18)12-5-4-11(14)8-15-12/h4-5,8,10H,2-3,6-7,9,14H2,1H3,(H,16,18). The van der Waals surface area contributed by atoms with Gasteiger partial charge in [0.2, 0.25) is 0 Å². The van der Waals surface area contributed by atoms with E-state index in [1.54, 1.807) is 12.1 Å². The summed E-state index contributed by atoms with van der Waals surface area (Å²) in [4.78, 5) is 18.2. The number of aromatic nitrogens is 1. The third kappa shape index (κ3) is 3.43. The summed E-state index contributed by atoms with van der Waals surface area (Å²) in [6.45, 7) is 2.93. The topological polar surface area (TPSA) is 71.2 Å². The molecule has 0 bridgehead atoms. The molecule has 1 amide bonds. The summed E-state index contributed by atoms with van der Waals surface area (Å²) in [6, 6.07) is 3.34. The van der Waals surface area contributed by atoms with E-state index < -0.39 is 0 Å². The zero-order chi connectivity index (χ0) is 13.0. The monoisotopic (exact) mass is 248 g/mol. The molecule has 0 aliphatic carbocycles. The predicted molar refractivity (Wildman–Crippen MR) is 71.2 cm³/mol. The fraction of sp³-hybridized carbons (Fsp3) is 0.538. The summed E-state index contributed by atoms with van der Waals surface area (Å²) >= 11 is 0. The van der Waals surface area contributed by atoms with Gasteiger partial charge in [-0.1, -0.05) is 0 Å². The average molecular weight is 248 g/mol. The van der Waals surface area contributed by atoms with Crippen LogP contribution < -0.4 is 11.1 Å². The van der Waals surface area contributed by atoms with Crippen LogP contribution in [0.4, 0.5) is 5.69 Å². The Bertz CT molecular complexity index is 404. The number of amides is 1. The number of nitrogen functional groups attached to an aromatic ring is 1. The second kappa shape index (κ2) is 5.82. The van der Waals surface area contributed by atoms with Gasteiger partial charge in [-0.05, 0) is 44.5 Å². The number of carbonyl (C=O) groups is 1. The van der Waals surface area contributed by atoms with Crippen molar-refractivity contribution in [3.05, 3.63) is 24.0 Å². The van der Waals surface area contributed by atoms with Crippen LogP contribution in [-0.4, -0.2) is 42.5 Å². The van der Waals surface area contributed by atoms with Gasteiger partial charge in [-0.15, -0.1) is 0 Å². The van der Waals surface area contributed by atoms with Crippen LogP contribution in [0.2, 0.25) is 0 Å². The third-order valence-electron chi connectivity index (χ3n) is 3.29. The molecule has 5 heteroatoms. The van der Waals surface area contributed by atoms with Crippen molar-refractivity contribution in [1.82, 2.24) is 15.2 Å². The highest BCUT2D eigenvalue weighted by Gasteiger charge is 2.18. The Balaban J connectivity index is 1.82. The molecule has 0 aromatic carbocycles. The molecule has 1 aliphatic rings. The van der Waals surface area contributed by atoms with Crippen molar-refractivity contribution in [2.75, 3.05) is 32.4 Å². The van der Waals surface area contributed by atoms with E-state index in [-0.39, 0.29) is 5.91 Å². The zero-order valence-electron chi connectivity index (χ0n) is 10.7. The van der Waals surface area contributed by atoms with Crippen LogP contribution in [0.1, 0.15) is 23.3 Å². The number of nitrogens with two attached hydrogens (primary N) is 1. The smallest absolute Gasteiger partial charge is 0.269 e. The molecule has 1 aliphatic heterocycles. The number of likely N-dealkylation sites (tertiary alicyclic amines) is 1. The molecule has 5 nitrogen and oxygen atoms in total. The quantitative estimate of drug-likeness (QED) is 0.827. The van der Waals surface area contributed by atoms with Gasteiger partial charge in [0.15, 0.2) is 0 Å². The molecule has 98 valence electrons. The highest BCUT2D eigenvalue weighted by atomic mass is 16.1. The first-order valence-corrected chi connectivity index (χ1v) is 6.33. The second-order valence-corrected chi connectivity index (χ2v) is 4.96. The first-order chi connectivity index (χ1) is 8.65. The Kier molecular flexibility index (Phi) is 4.15. The summed E-state index contributed by atoms with van der Waals surface area (Å²) in [5, 5.41) is 2.94. The molecule has 1 fully saturated rings. The largest absolute Gasteiger partial charge is 0.397 e. The van der Waals surface area contributed by atoms with Crippen LogP contribution in [0.5, 0.6) is 0 Å². The molecule has 18 heavy (non-hydrogen) atoms. The van der Waals surface area contributed by atoms with Crippen molar-refractivity contribution < 1.29 is 4.79 Å². The van der Waals surface area contributed by atoms with Gasteiger partial charge in [-0.3, -0.25) is 4.79 Å². The maximum Gasteiger partial charge on any atom is 0.269 e. The van der Waals surface area contributed by atoms with Crippen LogP contribution in [0.25, 0.3) is 0 Å². The van der Waals surface area contributed by atoms with Crippen molar-refractivity contribution >= 4 is 11.6 Å². The summed E-state index contributed by atoms with van der Waals surface area (Å²) in [7, 11) is 2.12. The fourth-order valence-electron chi connectivity index (χ4n) is 2.31. The SMILES string of the molecule is CN1CCCC(CNC(=O)c2ccc(N)cn2)C1. The molecular formula is C13H20N4O. The van der Waals surface area contributed by atoms with Crippen LogP contribution in [0.3, 0.4) is 0 Å². The summed E-state index contributed by atoms with van der Waals surface area (Å²) in [5.41, 5.74) is 6.53. The number of hydrogen-bond acceptors (Lipinski definition) is 4. The van der Waals surface area contributed by atoms with Crippen LogP contribution in [0, 0.1) is 5.92 Å². The van der Waals surface area contributed by atoms with E-state index in [1.807, 2.05) is 0 Å². The molecule has 1 atom stereocenters. The minimum atomic E-state index is -0.122.